The van der Waals surface area contributed by atoms with Gasteiger partial charge in [-0.05, 0) is 6.92 Å². The molecule has 0 heterocycles. The van der Waals surface area contributed by atoms with Crippen LogP contribution in [0.3, 0.4) is 0 Å². The molecule has 0 aromatic heterocycles. The molecule has 0 fully saturated rings. The number of halogens is 1. The van der Waals surface area contributed by atoms with E-state index in [1.54, 1.807) is 0 Å². The van der Waals surface area contributed by atoms with Gasteiger partial charge in [0.15, 0.2) is 0 Å². The minimum Gasteiger partial charge on any atom is -0.337 e. The fraction of sp³-hybridized carbons (Fsp3) is 0.500. The van der Waals surface area contributed by atoms with Gasteiger partial charge in [0.1, 0.15) is 5.38 Å². The lowest BCUT2D eigenvalue weighted by atomic mass is 10.4. The highest BCUT2D eigenvalue weighted by molar-refractivity contribution is 6.31. The van der Waals surface area contributed by atoms with Gasteiger partial charge in [-0.3, -0.25) is 10.1 Å². The Morgan fingerprint density at radius 3 is 2.69 bits per heavy atom. The average Bonchev–Trinajstić information content (AvgIpc) is 2.04. The molecule has 3 amide bonds. The van der Waals surface area contributed by atoms with E-state index in [-0.39, 0.29) is 0 Å². The highest BCUT2D eigenvalue weighted by Gasteiger charge is 2.11. The van der Waals surface area contributed by atoms with Gasteiger partial charge in [0.25, 0.3) is 0 Å². The summed E-state index contributed by atoms with van der Waals surface area (Å²) < 4.78 is 0. The molecule has 13 heavy (non-hydrogen) atoms. The van der Waals surface area contributed by atoms with Crippen molar-refractivity contribution in [3.05, 3.63) is 0 Å². The molecule has 0 aliphatic heterocycles. The molecule has 0 saturated heterocycles. The van der Waals surface area contributed by atoms with Crippen LogP contribution in [0.1, 0.15) is 13.3 Å². The Balaban J connectivity index is 3.64. The van der Waals surface area contributed by atoms with Crippen LogP contribution in [0.4, 0.5) is 4.79 Å². The zero-order chi connectivity index (χ0) is 10.3. The number of rotatable bonds is 3. The van der Waals surface area contributed by atoms with E-state index >= 15 is 0 Å². The van der Waals surface area contributed by atoms with E-state index in [1.807, 2.05) is 5.32 Å². The van der Waals surface area contributed by atoms with Gasteiger partial charge in [0.2, 0.25) is 5.91 Å². The molecule has 0 saturated carbocycles. The number of hydrogen-bond donors (Lipinski definition) is 2. The van der Waals surface area contributed by atoms with Gasteiger partial charge in [0, 0.05) is 13.0 Å². The van der Waals surface area contributed by atoms with Crippen molar-refractivity contribution < 1.29 is 9.59 Å². The van der Waals surface area contributed by atoms with Crippen LogP contribution < -0.4 is 10.6 Å². The van der Waals surface area contributed by atoms with Crippen LogP contribution in [0.15, 0.2) is 0 Å². The summed E-state index contributed by atoms with van der Waals surface area (Å²) in [5.41, 5.74) is 0. The fourth-order valence-electron chi connectivity index (χ4n) is 0.504. The van der Waals surface area contributed by atoms with Gasteiger partial charge >= 0.3 is 6.03 Å². The van der Waals surface area contributed by atoms with Crippen molar-refractivity contribution in [1.29, 1.82) is 0 Å². The summed E-state index contributed by atoms with van der Waals surface area (Å²) in [6.45, 7) is 1.82. The maximum atomic E-state index is 10.9. The first-order chi connectivity index (χ1) is 6.07. The third-order valence-electron chi connectivity index (χ3n) is 1.15. The second-order valence-electron chi connectivity index (χ2n) is 2.32. The molecule has 0 aromatic rings. The normalized spacial score (nSPS) is 11.2. The fourth-order valence-corrected chi connectivity index (χ4v) is 0.558. The molecule has 4 nitrogen and oxygen atoms in total. The second kappa shape index (κ2) is 6.32. The Hall–Kier alpha value is -1.21. The van der Waals surface area contributed by atoms with Crippen molar-refractivity contribution >= 4 is 23.5 Å². The number of alkyl halides is 1. The Kier molecular flexibility index (Phi) is 5.73. The summed E-state index contributed by atoms with van der Waals surface area (Å²) in [7, 11) is 0. The third-order valence-corrected chi connectivity index (χ3v) is 1.35. The van der Waals surface area contributed by atoms with Crippen LogP contribution in [-0.2, 0) is 4.79 Å². The number of nitrogens with one attached hydrogen (secondary N) is 2. The van der Waals surface area contributed by atoms with Crippen molar-refractivity contribution in [1.82, 2.24) is 10.6 Å². The molecule has 0 radical (unpaired) electrons. The monoisotopic (exact) mass is 202 g/mol. The zero-order valence-corrected chi connectivity index (χ0v) is 8.02. The van der Waals surface area contributed by atoms with E-state index in [0.717, 1.165) is 0 Å². The lowest BCUT2D eigenvalue weighted by Crippen LogP contribution is -2.42. The third kappa shape index (κ3) is 6.00. The standard InChI is InChI=1S/C8H11ClN2O2/c1-3-4-5-10-8(13)11-7(12)6(2)9/h1,6H,4-5H2,2H3,(H2,10,11,12,13). The van der Waals surface area contributed by atoms with E-state index in [0.29, 0.717) is 13.0 Å². The topological polar surface area (TPSA) is 58.2 Å². The number of hydrogen-bond acceptors (Lipinski definition) is 2. The predicted molar refractivity (Wildman–Crippen MR) is 50.3 cm³/mol. The highest BCUT2D eigenvalue weighted by Crippen LogP contribution is 1.91. The van der Waals surface area contributed by atoms with Crippen molar-refractivity contribution in [2.75, 3.05) is 6.54 Å². The lowest BCUT2D eigenvalue weighted by Gasteiger charge is -2.05. The lowest BCUT2D eigenvalue weighted by molar-refractivity contribution is -0.119. The highest BCUT2D eigenvalue weighted by atomic mass is 35.5. The molecule has 1 unspecified atom stereocenters. The van der Waals surface area contributed by atoms with Crippen LogP contribution in [0.25, 0.3) is 0 Å². The molecule has 72 valence electrons. The maximum absolute atomic E-state index is 10.9. The molecule has 1 atom stereocenters. The van der Waals surface area contributed by atoms with Gasteiger partial charge in [-0.2, -0.15) is 0 Å². The Labute approximate surface area is 82.0 Å². The summed E-state index contributed by atoms with van der Waals surface area (Å²) in [6, 6.07) is -0.576. The molecule has 0 rings (SSSR count). The number of urea groups is 1. The van der Waals surface area contributed by atoms with E-state index in [2.05, 4.69) is 11.2 Å². The minimum atomic E-state index is -0.724. The molecule has 0 spiro atoms. The van der Waals surface area contributed by atoms with Crippen LogP contribution in [-0.4, -0.2) is 23.9 Å². The number of carbonyl (C=O) groups excluding carboxylic acids is 2. The van der Waals surface area contributed by atoms with Crippen LogP contribution in [0.2, 0.25) is 0 Å². The van der Waals surface area contributed by atoms with Gasteiger partial charge in [-0.1, -0.05) is 0 Å². The van der Waals surface area contributed by atoms with Crippen molar-refractivity contribution in [3.63, 3.8) is 0 Å². The number of imide groups is 1. The smallest absolute Gasteiger partial charge is 0.321 e. The predicted octanol–water partition coefficient (Wildman–Crippen LogP) is 0.463. The quantitative estimate of drug-likeness (QED) is 0.397. The first-order valence-electron chi connectivity index (χ1n) is 3.74. The molecular weight excluding hydrogens is 192 g/mol. The molecule has 0 aromatic carbocycles. The molecule has 5 heteroatoms. The summed E-state index contributed by atoms with van der Waals surface area (Å²) in [5.74, 6) is 1.82. The summed E-state index contributed by atoms with van der Waals surface area (Å²) in [4.78, 5) is 21.7. The van der Waals surface area contributed by atoms with Crippen molar-refractivity contribution in [2.45, 2.75) is 18.7 Å². The molecule has 0 aliphatic carbocycles. The molecular formula is C8H11ClN2O2. The number of terminal acetylenes is 1. The van der Waals surface area contributed by atoms with Gasteiger partial charge in [-0.15, -0.1) is 23.9 Å². The van der Waals surface area contributed by atoms with Crippen LogP contribution in [0, 0.1) is 12.3 Å². The molecule has 0 aliphatic rings. The van der Waals surface area contributed by atoms with Crippen molar-refractivity contribution in [3.8, 4) is 12.3 Å². The Morgan fingerprint density at radius 2 is 2.23 bits per heavy atom. The van der Waals surface area contributed by atoms with Gasteiger partial charge in [-0.25, -0.2) is 4.79 Å². The van der Waals surface area contributed by atoms with E-state index in [4.69, 9.17) is 18.0 Å². The van der Waals surface area contributed by atoms with E-state index < -0.39 is 17.3 Å². The van der Waals surface area contributed by atoms with Crippen LogP contribution >= 0.6 is 11.6 Å². The van der Waals surface area contributed by atoms with Gasteiger partial charge in [0.05, 0.1) is 0 Å². The minimum absolute atomic E-state index is 0.340. The SMILES string of the molecule is C#CCCNC(=O)NC(=O)C(C)Cl. The molecule has 2 N–H and O–H groups in total. The van der Waals surface area contributed by atoms with E-state index in [9.17, 15) is 9.59 Å². The van der Waals surface area contributed by atoms with E-state index in [1.165, 1.54) is 6.92 Å². The largest absolute Gasteiger partial charge is 0.337 e. The first-order valence-corrected chi connectivity index (χ1v) is 4.17. The van der Waals surface area contributed by atoms with Crippen molar-refractivity contribution in [2.24, 2.45) is 0 Å². The maximum Gasteiger partial charge on any atom is 0.321 e. The zero-order valence-electron chi connectivity index (χ0n) is 7.26. The van der Waals surface area contributed by atoms with Gasteiger partial charge < -0.3 is 5.32 Å². The second-order valence-corrected chi connectivity index (χ2v) is 2.97. The number of carbonyl (C=O) groups is 2. The average molecular weight is 203 g/mol. The first kappa shape index (κ1) is 11.8. The summed E-state index contributed by atoms with van der Waals surface area (Å²) >= 11 is 5.41. The Bertz CT molecular complexity index is 233. The summed E-state index contributed by atoms with van der Waals surface area (Å²) in [5, 5.41) is 3.72. The Morgan fingerprint density at radius 1 is 1.62 bits per heavy atom. The van der Waals surface area contributed by atoms with Crippen LogP contribution in [0.5, 0.6) is 0 Å². The summed E-state index contributed by atoms with van der Waals surface area (Å²) in [6.07, 6.45) is 5.38. The molecule has 0 bridgehead atoms. The number of amides is 3.